The van der Waals surface area contributed by atoms with Crippen molar-refractivity contribution in [3.63, 3.8) is 0 Å². The topological polar surface area (TPSA) is 55.6 Å². The summed E-state index contributed by atoms with van der Waals surface area (Å²) in [5.41, 5.74) is 5.35. The molecule has 0 aliphatic heterocycles. The third kappa shape index (κ3) is 3.46. The van der Waals surface area contributed by atoms with E-state index in [2.05, 4.69) is 61.4 Å². The minimum Gasteiger partial charge on any atom is -0.324 e. The van der Waals surface area contributed by atoms with Crippen LogP contribution in [0.5, 0.6) is 0 Å². The fourth-order valence-electron chi connectivity index (χ4n) is 2.90. The van der Waals surface area contributed by atoms with Crippen LogP contribution in [0.25, 0.3) is 22.0 Å². The highest BCUT2D eigenvalue weighted by Gasteiger charge is 2.07. The van der Waals surface area contributed by atoms with Crippen LogP contribution in [0.3, 0.4) is 0 Å². The maximum absolute atomic E-state index is 4.61. The summed E-state index contributed by atoms with van der Waals surface area (Å²) in [5.74, 6) is 0.588. The molecule has 0 amide bonds. The Morgan fingerprint density at radius 3 is 2.73 bits per heavy atom. The van der Waals surface area contributed by atoms with Crippen LogP contribution in [0.2, 0.25) is 0 Å². The molecule has 26 heavy (non-hydrogen) atoms. The Morgan fingerprint density at radius 1 is 1.08 bits per heavy atom. The molecule has 0 saturated heterocycles. The van der Waals surface area contributed by atoms with E-state index < -0.39 is 0 Å². The smallest absolute Gasteiger partial charge is 0.227 e. The molecule has 2 aromatic carbocycles. The lowest BCUT2D eigenvalue weighted by atomic mass is 10.0. The van der Waals surface area contributed by atoms with Gasteiger partial charge in [0.15, 0.2) is 0 Å². The Bertz CT molecular complexity index is 1090. The van der Waals surface area contributed by atoms with E-state index in [-0.39, 0.29) is 0 Å². The Morgan fingerprint density at radius 2 is 1.96 bits per heavy atom. The highest BCUT2D eigenvalue weighted by Crippen LogP contribution is 2.27. The van der Waals surface area contributed by atoms with E-state index in [1.807, 2.05) is 48.5 Å². The first-order chi connectivity index (χ1) is 12.6. The van der Waals surface area contributed by atoms with Gasteiger partial charge < -0.3 is 5.32 Å². The Labute approximate surface area is 160 Å². The van der Waals surface area contributed by atoms with Crippen LogP contribution in [0.4, 0.5) is 11.6 Å². The first-order valence-corrected chi connectivity index (χ1v) is 9.22. The van der Waals surface area contributed by atoms with Crippen molar-refractivity contribution in [2.24, 2.45) is 7.05 Å². The van der Waals surface area contributed by atoms with Gasteiger partial charge in [-0.1, -0.05) is 28.9 Å². The van der Waals surface area contributed by atoms with Crippen molar-refractivity contribution in [3.05, 3.63) is 65.0 Å². The normalized spacial score (nSPS) is 11.0. The summed E-state index contributed by atoms with van der Waals surface area (Å²) < 4.78 is 2.83. The second-order valence-electron chi connectivity index (χ2n) is 6.20. The predicted molar refractivity (Wildman–Crippen MR) is 109 cm³/mol. The van der Waals surface area contributed by atoms with Crippen LogP contribution >= 0.6 is 15.9 Å². The molecule has 0 aliphatic carbocycles. The van der Waals surface area contributed by atoms with Gasteiger partial charge in [0, 0.05) is 40.6 Å². The molecule has 6 heteroatoms. The number of aromatic nitrogens is 4. The van der Waals surface area contributed by atoms with Crippen LogP contribution in [0, 0.1) is 0 Å². The standard InChI is InChI=1S/C20H18BrN5/c1-3-13-6-14(16-11-23-26(2)12-16)9-18(7-13)24-20-22-10-15-8-17(21)4-5-19(15)25-20/h4-12H,3H2,1-2H3,(H,22,24,25). The minimum atomic E-state index is 0.588. The number of fused-ring (bicyclic) bond motifs is 1. The number of benzene rings is 2. The average molecular weight is 408 g/mol. The Kier molecular flexibility index (Phi) is 4.42. The number of rotatable bonds is 4. The molecule has 0 bridgehead atoms. The van der Waals surface area contributed by atoms with Gasteiger partial charge in [-0.15, -0.1) is 0 Å². The monoisotopic (exact) mass is 407 g/mol. The van der Waals surface area contributed by atoms with E-state index >= 15 is 0 Å². The Hall–Kier alpha value is -2.73. The van der Waals surface area contributed by atoms with Crippen molar-refractivity contribution >= 4 is 38.5 Å². The number of nitrogens with one attached hydrogen (secondary N) is 1. The second-order valence-corrected chi connectivity index (χ2v) is 7.11. The van der Waals surface area contributed by atoms with E-state index in [1.54, 1.807) is 0 Å². The van der Waals surface area contributed by atoms with Gasteiger partial charge in [0.05, 0.1) is 11.7 Å². The van der Waals surface area contributed by atoms with Crippen LogP contribution in [0.15, 0.2) is 59.5 Å². The molecule has 0 atom stereocenters. The summed E-state index contributed by atoms with van der Waals surface area (Å²) in [6.07, 6.45) is 6.68. The molecule has 0 radical (unpaired) electrons. The first-order valence-electron chi connectivity index (χ1n) is 8.43. The van der Waals surface area contributed by atoms with Crippen molar-refractivity contribution in [1.82, 2.24) is 19.7 Å². The lowest BCUT2D eigenvalue weighted by Gasteiger charge is -2.10. The molecular weight excluding hydrogens is 390 g/mol. The maximum Gasteiger partial charge on any atom is 0.227 e. The Balaban J connectivity index is 1.70. The van der Waals surface area contributed by atoms with Gasteiger partial charge in [-0.05, 0) is 47.9 Å². The highest BCUT2D eigenvalue weighted by molar-refractivity contribution is 9.10. The van der Waals surface area contributed by atoms with E-state index in [4.69, 9.17) is 0 Å². The molecule has 2 aromatic heterocycles. The fourth-order valence-corrected chi connectivity index (χ4v) is 3.28. The molecule has 4 aromatic rings. The molecule has 2 heterocycles. The summed E-state index contributed by atoms with van der Waals surface area (Å²) in [5, 5.41) is 8.62. The van der Waals surface area contributed by atoms with Crippen LogP contribution in [0.1, 0.15) is 12.5 Å². The molecular formula is C20H18BrN5. The highest BCUT2D eigenvalue weighted by atomic mass is 79.9. The number of anilines is 2. The molecule has 0 saturated carbocycles. The fraction of sp³-hybridized carbons (Fsp3) is 0.150. The molecule has 4 rings (SSSR count). The van der Waals surface area contributed by atoms with E-state index in [0.717, 1.165) is 38.6 Å². The van der Waals surface area contributed by atoms with Crippen molar-refractivity contribution in [2.45, 2.75) is 13.3 Å². The van der Waals surface area contributed by atoms with Crippen LogP contribution < -0.4 is 5.32 Å². The van der Waals surface area contributed by atoms with Crippen molar-refractivity contribution in [3.8, 4) is 11.1 Å². The lowest BCUT2D eigenvalue weighted by molar-refractivity contribution is 0.768. The number of aryl methyl sites for hydroxylation is 2. The molecule has 1 N–H and O–H groups in total. The molecule has 0 spiro atoms. The average Bonchev–Trinajstić information content (AvgIpc) is 3.08. The molecule has 5 nitrogen and oxygen atoms in total. The van der Waals surface area contributed by atoms with Crippen molar-refractivity contribution < 1.29 is 0 Å². The van der Waals surface area contributed by atoms with E-state index in [1.165, 1.54) is 5.56 Å². The molecule has 0 unspecified atom stereocenters. The summed E-state index contributed by atoms with van der Waals surface area (Å²) in [7, 11) is 1.92. The zero-order valence-corrected chi connectivity index (χ0v) is 16.2. The van der Waals surface area contributed by atoms with E-state index in [0.29, 0.717) is 5.95 Å². The van der Waals surface area contributed by atoms with Gasteiger partial charge in [-0.25, -0.2) is 9.97 Å². The largest absolute Gasteiger partial charge is 0.324 e. The SMILES string of the molecule is CCc1cc(Nc2ncc3cc(Br)ccc3n2)cc(-c2cnn(C)c2)c1. The molecule has 0 fully saturated rings. The summed E-state index contributed by atoms with van der Waals surface area (Å²) in [4.78, 5) is 9.06. The van der Waals surface area contributed by atoms with Crippen molar-refractivity contribution in [2.75, 3.05) is 5.32 Å². The van der Waals surface area contributed by atoms with Gasteiger partial charge in [0.2, 0.25) is 5.95 Å². The number of halogens is 1. The molecule has 0 aliphatic rings. The van der Waals surface area contributed by atoms with Crippen molar-refractivity contribution in [1.29, 1.82) is 0 Å². The quantitative estimate of drug-likeness (QED) is 0.511. The van der Waals surface area contributed by atoms with Gasteiger partial charge >= 0.3 is 0 Å². The number of nitrogens with zero attached hydrogens (tertiary/aromatic N) is 4. The summed E-state index contributed by atoms with van der Waals surface area (Å²) >= 11 is 3.47. The first kappa shape index (κ1) is 16.7. The van der Waals surface area contributed by atoms with E-state index in [9.17, 15) is 0 Å². The van der Waals surface area contributed by atoms with Gasteiger partial charge in [0.1, 0.15) is 0 Å². The van der Waals surface area contributed by atoms with Gasteiger partial charge in [0.25, 0.3) is 0 Å². The van der Waals surface area contributed by atoms with Gasteiger partial charge in [-0.3, -0.25) is 4.68 Å². The maximum atomic E-state index is 4.61. The third-order valence-electron chi connectivity index (χ3n) is 4.24. The number of hydrogen-bond donors (Lipinski definition) is 1. The van der Waals surface area contributed by atoms with Crippen LogP contribution in [-0.4, -0.2) is 19.7 Å². The minimum absolute atomic E-state index is 0.588. The summed E-state index contributed by atoms with van der Waals surface area (Å²) in [6.45, 7) is 2.15. The van der Waals surface area contributed by atoms with Crippen LogP contribution in [-0.2, 0) is 13.5 Å². The predicted octanol–water partition coefficient (Wildman–Crippen LogP) is 5.10. The number of hydrogen-bond acceptors (Lipinski definition) is 4. The molecule has 130 valence electrons. The zero-order valence-electron chi connectivity index (χ0n) is 14.6. The second kappa shape index (κ2) is 6.88. The van der Waals surface area contributed by atoms with Gasteiger partial charge in [-0.2, -0.15) is 5.10 Å². The third-order valence-corrected chi connectivity index (χ3v) is 4.73. The summed E-state index contributed by atoms with van der Waals surface area (Å²) in [6, 6.07) is 12.4. The lowest BCUT2D eigenvalue weighted by Crippen LogP contribution is -1.98. The zero-order chi connectivity index (χ0) is 18.1.